The molecular weight excluding hydrogens is 428 g/mol. The Labute approximate surface area is 203 Å². The SMILES string of the molecule is CC1CC(C)C(CNC(=O)C2CC(c3ccc(C#N)cc3)N(C)C3C2CNN3C(C)C)C(=O)N1. The molecule has 1 aromatic rings. The molecule has 8 nitrogen and oxygen atoms in total. The van der Waals surface area contributed by atoms with E-state index in [1.165, 1.54) is 0 Å². The predicted molar refractivity (Wildman–Crippen MR) is 130 cm³/mol. The molecule has 1 aromatic carbocycles. The summed E-state index contributed by atoms with van der Waals surface area (Å²) in [4.78, 5) is 28.5. The Morgan fingerprint density at radius 3 is 2.56 bits per heavy atom. The number of nitrogens with one attached hydrogen (secondary N) is 3. The smallest absolute Gasteiger partial charge is 0.225 e. The van der Waals surface area contributed by atoms with Crippen molar-refractivity contribution in [3.05, 3.63) is 35.4 Å². The zero-order valence-electron chi connectivity index (χ0n) is 20.9. The Morgan fingerprint density at radius 1 is 1.24 bits per heavy atom. The fraction of sp³-hybridized carbons (Fsp3) is 0.654. The second kappa shape index (κ2) is 10.0. The summed E-state index contributed by atoms with van der Waals surface area (Å²) in [6, 6.07) is 10.4. The van der Waals surface area contributed by atoms with Gasteiger partial charge in [-0.25, -0.2) is 5.01 Å². The summed E-state index contributed by atoms with van der Waals surface area (Å²) < 4.78 is 0. The molecule has 34 heavy (non-hydrogen) atoms. The number of likely N-dealkylation sites (tertiary alicyclic amines) is 1. The molecule has 2 amide bonds. The molecule has 0 spiro atoms. The lowest BCUT2D eigenvalue weighted by Gasteiger charge is -2.48. The van der Waals surface area contributed by atoms with Gasteiger partial charge in [0.05, 0.1) is 23.7 Å². The number of benzene rings is 1. The van der Waals surface area contributed by atoms with Crippen LogP contribution in [0.3, 0.4) is 0 Å². The number of hydrogen-bond acceptors (Lipinski definition) is 6. The van der Waals surface area contributed by atoms with Crippen molar-refractivity contribution in [3.8, 4) is 6.07 Å². The first-order chi connectivity index (χ1) is 16.2. The number of rotatable bonds is 5. The van der Waals surface area contributed by atoms with Gasteiger partial charge in [-0.2, -0.15) is 5.26 Å². The number of carbonyl (C=O) groups is 2. The van der Waals surface area contributed by atoms with E-state index in [2.05, 4.69) is 59.9 Å². The largest absolute Gasteiger partial charge is 0.355 e. The van der Waals surface area contributed by atoms with Gasteiger partial charge in [-0.05, 0) is 64.3 Å². The van der Waals surface area contributed by atoms with E-state index in [0.717, 1.165) is 18.5 Å². The molecule has 8 heteroatoms. The summed E-state index contributed by atoms with van der Waals surface area (Å²) in [5.74, 6) is 0.110. The highest BCUT2D eigenvalue weighted by atomic mass is 16.2. The van der Waals surface area contributed by atoms with Gasteiger partial charge in [0, 0.05) is 43.1 Å². The summed E-state index contributed by atoms with van der Waals surface area (Å²) in [5, 5.41) is 17.6. The molecule has 7 unspecified atom stereocenters. The third-order valence-corrected chi connectivity index (χ3v) is 8.03. The van der Waals surface area contributed by atoms with E-state index in [4.69, 9.17) is 0 Å². The fourth-order valence-electron chi connectivity index (χ4n) is 6.20. The molecule has 184 valence electrons. The third-order valence-electron chi connectivity index (χ3n) is 8.03. The molecule has 0 saturated carbocycles. The predicted octanol–water partition coefficient (Wildman–Crippen LogP) is 2.00. The van der Waals surface area contributed by atoms with Crippen LogP contribution in [0, 0.1) is 35.0 Å². The first-order valence-electron chi connectivity index (χ1n) is 12.5. The summed E-state index contributed by atoms with van der Waals surface area (Å²) in [5.41, 5.74) is 5.28. The minimum Gasteiger partial charge on any atom is -0.355 e. The molecule has 3 aliphatic rings. The number of hydrogen-bond donors (Lipinski definition) is 3. The quantitative estimate of drug-likeness (QED) is 0.614. The maximum atomic E-state index is 13.6. The Bertz CT molecular complexity index is 942. The van der Waals surface area contributed by atoms with Gasteiger partial charge in [0.1, 0.15) is 0 Å². The summed E-state index contributed by atoms with van der Waals surface area (Å²) in [6.45, 7) is 9.58. The number of hydrazine groups is 1. The van der Waals surface area contributed by atoms with Crippen LogP contribution in [0.5, 0.6) is 0 Å². The zero-order valence-corrected chi connectivity index (χ0v) is 20.9. The van der Waals surface area contributed by atoms with Gasteiger partial charge in [0.15, 0.2) is 0 Å². The lowest BCUT2D eigenvalue weighted by Crippen LogP contribution is -2.58. The van der Waals surface area contributed by atoms with E-state index >= 15 is 0 Å². The number of piperidine rings is 2. The highest BCUT2D eigenvalue weighted by Crippen LogP contribution is 2.43. The monoisotopic (exact) mass is 466 g/mol. The molecule has 3 fully saturated rings. The van der Waals surface area contributed by atoms with E-state index in [1.54, 1.807) is 0 Å². The van der Waals surface area contributed by atoms with Gasteiger partial charge in [-0.1, -0.05) is 19.1 Å². The van der Waals surface area contributed by atoms with E-state index in [-0.39, 0.29) is 59.8 Å². The van der Waals surface area contributed by atoms with Crippen molar-refractivity contribution < 1.29 is 9.59 Å². The topological polar surface area (TPSA) is 100 Å². The van der Waals surface area contributed by atoms with Crippen molar-refractivity contribution in [1.29, 1.82) is 5.26 Å². The first-order valence-corrected chi connectivity index (χ1v) is 12.5. The minimum atomic E-state index is -0.189. The molecule has 3 heterocycles. The van der Waals surface area contributed by atoms with Crippen molar-refractivity contribution >= 4 is 11.8 Å². The minimum absolute atomic E-state index is 0.0350. The van der Waals surface area contributed by atoms with Crippen LogP contribution in [-0.4, -0.2) is 60.1 Å². The Kier molecular flexibility index (Phi) is 7.27. The van der Waals surface area contributed by atoms with Crippen LogP contribution in [0.2, 0.25) is 0 Å². The number of carbonyl (C=O) groups excluding carboxylic acids is 2. The zero-order chi connectivity index (χ0) is 24.6. The van der Waals surface area contributed by atoms with Crippen LogP contribution < -0.4 is 16.1 Å². The average molecular weight is 467 g/mol. The van der Waals surface area contributed by atoms with Gasteiger partial charge >= 0.3 is 0 Å². The Morgan fingerprint density at radius 2 is 1.94 bits per heavy atom. The Balaban J connectivity index is 1.54. The Hall–Kier alpha value is -2.47. The van der Waals surface area contributed by atoms with Gasteiger partial charge in [-0.3, -0.25) is 19.9 Å². The molecule has 7 atom stereocenters. The molecule has 0 radical (unpaired) electrons. The number of fused-ring (bicyclic) bond motifs is 1. The molecule has 0 aliphatic carbocycles. The van der Waals surface area contributed by atoms with Crippen molar-refractivity contribution in [1.82, 2.24) is 26.0 Å². The van der Waals surface area contributed by atoms with Crippen LogP contribution in [0.4, 0.5) is 0 Å². The van der Waals surface area contributed by atoms with Gasteiger partial charge < -0.3 is 10.6 Å². The third kappa shape index (κ3) is 4.70. The van der Waals surface area contributed by atoms with Gasteiger partial charge in [0.25, 0.3) is 0 Å². The standard InChI is InChI=1S/C26H38N6O2/c1-15(2)32-26-22(14-29-32)20(11-23(31(26)5)19-8-6-18(12-27)7-9-19)24(33)28-13-21-16(3)10-17(4)30-25(21)34/h6-9,15-17,20-23,26,29H,10-11,13-14H2,1-5H3,(H,28,33)(H,30,34). The summed E-state index contributed by atoms with van der Waals surface area (Å²) in [6.07, 6.45) is 1.72. The molecule has 0 aromatic heterocycles. The molecule has 3 N–H and O–H groups in total. The number of nitrogens with zero attached hydrogens (tertiary/aromatic N) is 3. The maximum absolute atomic E-state index is 13.6. The van der Waals surface area contributed by atoms with Crippen LogP contribution in [0.15, 0.2) is 24.3 Å². The van der Waals surface area contributed by atoms with Crippen molar-refractivity contribution in [2.75, 3.05) is 20.1 Å². The average Bonchev–Trinajstić information content (AvgIpc) is 3.25. The second-order valence-corrected chi connectivity index (χ2v) is 10.7. The fourth-order valence-corrected chi connectivity index (χ4v) is 6.20. The lowest BCUT2D eigenvalue weighted by molar-refractivity contribution is -0.135. The van der Waals surface area contributed by atoms with Crippen molar-refractivity contribution in [3.63, 3.8) is 0 Å². The highest BCUT2D eigenvalue weighted by Gasteiger charge is 2.51. The molecule has 3 aliphatic heterocycles. The van der Waals surface area contributed by atoms with Gasteiger partial charge in [-0.15, -0.1) is 0 Å². The normalized spacial score (nSPS) is 34.4. The van der Waals surface area contributed by atoms with E-state index in [1.807, 2.05) is 31.2 Å². The maximum Gasteiger partial charge on any atom is 0.225 e. The highest BCUT2D eigenvalue weighted by molar-refractivity contribution is 5.83. The number of nitriles is 1. The first kappa shape index (κ1) is 24.6. The summed E-state index contributed by atoms with van der Waals surface area (Å²) in [7, 11) is 2.13. The van der Waals surface area contributed by atoms with E-state index < -0.39 is 0 Å². The van der Waals surface area contributed by atoms with Crippen LogP contribution in [0.1, 0.15) is 57.7 Å². The van der Waals surface area contributed by atoms with Crippen molar-refractivity contribution in [2.24, 2.45) is 23.7 Å². The molecular formula is C26H38N6O2. The van der Waals surface area contributed by atoms with Crippen LogP contribution in [0.25, 0.3) is 0 Å². The number of amides is 2. The molecule has 0 bridgehead atoms. The molecule has 4 rings (SSSR count). The van der Waals surface area contributed by atoms with Crippen LogP contribution >= 0.6 is 0 Å². The van der Waals surface area contributed by atoms with Crippen molar-refractivity contribution in [2.45, 2.75) is 64.8 Å². The lowest BCUT2D eigenvalue weighted by atomic mass is 9.77. The van der Waals surface area contributed by atoms with Gasteiger partial charge in [0.2, 0.25) is 11.8 Å². The van der Waals surface area contributed by atoms with E-state index in [0.29, 0.717) is 18.5 Å². The van der Waals surface area contributed by atoms with E-state index in [9.17, 15) is 14.9 Å². The summed E-state index contributed by atoms with van der Waals surface area (Å²) >= 11 is 0. The molecule has 3 saturated heterocycles. The second-order valence-electron chi connectivity index (χ2n) is 10.7. The van der Waals surface area contributed by atoms with Crippen LogP contribution in [-0.2, 0) is 9.59 Å².